The third kappa shape index (κ3) is 12.9. The van der Waals surface area contributed by atoms with E-state index in [1.165, 1.54) is 6.16 Å². The van der Waals surface area contributed by atoms with Crippen LogP contribution >= 0.6 is 16.5 Å². The largest absolute Gasteiger partial charge is 0.120 e. The van der Waals surface area contributed by atoms with E-state index in [-0.39, 0.29) is 7.92 Å². The second-order valence-corrected chi connectivity index (χ2v) is 11.1. The van der Waals surface area contributed by atoms with Gasteiger partial charge in [-0.15, -0.1) is 16.5 Å². The van der Waals surface area contributed by atoms with Crippen molar-refractivity contribution in [3.8, 4) is 0 Å². The van der Waals surface area contributed by atoms with Crippen molar-refractivity contribution < 1.29 is 0 Å². The molecule has 0 aliphatic heterocycles. The van der Waals surface area contributed by atoms with Crippen LogP contribution in [0.5, 0.6) is 0 Å². The van der Waals surface area contributed by atoms with Crippen LogP contribution in [0.3, 0.4) is 0 Å². The summed E-state index contributed by atoms with van der Waals surface area (Å²) >= 11 is 0. The van der Waals surface area contributed by atoms with E-state index < -0.39 is 0 Å². The Bertz CT molecular complexity index is 128. The van der Waals surface area contributed by atoms with Crippen molar-refractivity contribution in [1.29, 1.82) is 0 Å². The molecule has 88 valence electrons. The van der Waals surface area contributed by atoms with Crippen molar-refractivity contribution in [3.63, 3.8) is 0 Å². The van der Waals surface area contributed by atoms with Crippen LogP contribution in [0.15, 0.2) is 0 Å². The van der Waals surface area contributed by atoms with Gasteiger partial charge in [-0.05, 0) is 29.8 Å². The Morgan fingerprint density at radius 2 is 1.29 bits per heavy atom. The second kappa shape index (κ2) is 7.19. The maximum absolute atomic E-state index is 2.37. The Morgan fingerprint density at radius 3 is 1.29 bits per heavy atom. The molecule has 0 bridgehead atoms. The van der Waals surface area contributed by atoms with Crippen molar-refractivity contribution in [2.45, 2.75) is 58.8 Å². The summed E-state index contributed by atoms with van der Waals surface area (Å²) < 4.78 is 0. The smallest absolute Gasteiger partial charge is 0.0182 e. The third-order valence-electron chi connectivity index (χ3n) is 2.37. The first-order chi connectivity index (χ1) is 6.04. The fraction of sp³-hybridized carbons (Fsp3) is 1.00. The molecule has 0 rings (SSSR count). The zero-order valence-electron chi connectivity index (χ0n) is 11.7. The monoisotopic (exact) mass is 236 g/mol. The van der Waals surface area contributed by atoms with Crippen LogP contribution in [0.2, 0.25) is 0 Å². The Balaban J connectivity index is 0. The fourth-order valence-electron chi connectivity index (χ4n) is 0.474. The van der Waals surface area contributed by atoms with Crippen LogP contribution in [0, 0.1) is 0 Å². The van der Waals surface area contributed by atoms with E-state index in [1.54, 1.807) is 0 Å². The van der Waals surface area contributed by atoms with Crippen molar-refractivity contribution in [2.24, 2.45) is 0 Å². The molecule has 0 radical (unpaired) electrons. The first-order valence-electron chi connectivity index (χ1n) is 5.44. The molecule has 0 aromatic rings. The molecule has 2 atom stereocenters. The highest BCUT2D eigenvalue weighted by Crippen LogP contribution is 2.44. The lowest BCUT2D eigenvalue weighted by atomic mass is 10.3. The average Bonchev–Trinajstić information content (AvgIpc) is 2.01. The molecule has 0 aliphatic carbocycles. The number of hydrogen-bond acceptors (Lipinski definition) is 0. The van der Waals surface area contributed by atoms with Crippen LogP contribution in [0.4, 0.5) is 0 Å². The highest BCUT2D eigenvalue weighted by Gasteiger charge is 2.16. The molecule has 2 heteroatoms. The number of rotatable bonds is 1. The molecule has 0 saturated heterocycles. The van der Waals surface area contributed by atoms with E-state index in [0.717, 1.165) is 8.58 Å². The van der Waals surface area contributed by atoms with Gasteiger partial charge >= 0.3 is 0 Å². The van der Waals surface area contributed by atoms with Crippen LogP contribution in [0.1, 0.15) is 48.5 Å². The lowest BCUT2D eigenvalue weighted by Gasteiger charge is -2.26. The Hall–Kier alpha value is 0.860. The van der Waals surface area contributed by atoms with Gasteiger partial charge in [0.2, 0.25) is 0 Å². The van der Waals surface area contributed by atoms with Gasteiger partial charge in [0.1, 0.15) is 0 Å². The molecule has 0 saturated carbocycles. The molecular formula is C12H30P2. The van der Waals surface area contributed by atoms with Gasteiger partial charge in [0.15, 0.2) is 0 Å². The lowest BCUT2D eigenvalue weighted by Crippen LogP contribution is -2.11. The average molecular weight is 236 g/mol. The maximum Gasteiger partial charge on any atom is -0.0182 e. The van der Waals surface area contributed by atoms with Crippen molar-refractivity contribution >= 4 is 16.5 Å². The van der Waals surface area contributed by atoms with E-state index in [2.05, 4.69) is 61.8 Å². The summed E-state index contributed by atoms with van der Waals surface area (Å²) in [6, 6.07) is 0. The standard InChI is InChI=1S/C7H17P.C5H13P/c1-6-8(5)7(2,3)4;1-5(2,3)6-4/h6H2,1-5H3;6H,1-4H3. The molecule has 2 unspecified atom stereocenters. The summed E-state index contributed by atoms with van der Waals surface area (Å²) in [5.41, 5.74) is 0. The minimum atomic E-state index is 0.281. The van der Waals surface area contributed by atoms with Gasteiger partial charge in [0.05, 0.1) is 0 Å². The van der Waals surface area contributed by atoms with Gasteiger partial charge in [-0.3, -0.25) is 0 Å². The maximum atomic E-state index is 2.37. The molecule has 0 amide bonds. The van der Waals surface area contributed by atoms with E-state index in [9.17, 15) is 0 Å². The van der Waals surface area contributed by atoms with Gasteiger partial charge < -0.3 is 0 Å². The van der Waals surface area contributed by atoms with E-state index in [4.69, 9.17) is 0 Å². The zero-order chi connectivity index (χ0) is 12.0. The van der Waals surface area contributed by atoms with Crippen LogP contribution in [0.25, 0.3) is 0 Å². The van der Waals surface area contributed by atoms with Gasteiger partial charge in [-0.25, -0.2) is 0 Å². The van der Waals surface area contributed by atoms with Crippen molar-refractivity contribution in [1.82, 2.24) is 0 Å². The molecule has 0 nitrogen and oxygen atoms in total. The first-order valence-corrected chi connectivity index (χ1v) is 8.92. The van der Waals surface area contributed by atoms with Gasteiger partial charge in [0.25, 0.3) is 0 Å². The summed E-state index contributed by atoms with van der Waals surface area (Å²) in [6.07, 6.45) is 1.36. The van der Waals surface area contributed by atoms with Crippen LogP contribution in [-0.2, 0) is 0 Å². The molecule has 0 heterocycles. The van der Waals surface area contributed by atoms with Crippen molar-refractivity contribution in [3.05, 3.63) is 0 Å². The summed E-state index contributed by atoms with van der Waals surface area (Å²) in [5, 5.41) is 1.14. The minimum Gasteiger partial charge on any atom is -0.120 e. The van der Waals surface area contributed by atoms with Gasteiger partial charge in [-0.2, -0.15) is 0 Å². The molecule has 0 N–H and O–H groups in total. The first kappa shape index (κ1) is 17.3. The molecule has 0 aromatic heterocycles. The van der Waals surface area contributed by atoms with E-state index in [1.807, 2.05) is 0 Å². The molecular weight excluding hydrogens is 206 g/mol. The fourth-order valence-corrected chi connectivity index (χ4v) is 1.42. The van der Waals surface area contributed by atoms with Crippen molar-refractivity contribution in [2.75, 3.05) is 19.5 Å². The highest BCUT2D eigenvalue weighted by atomic mass is 31.1. The summed E-state index contributed by atoms with van der Waals surface area (Å²) in [5.74, 6) is 0. The summed E-state index contributed by atoms with van der Waals surface area (Å²) in [4.78, 5) is 0. The second-order valence-electron chi connectivity index (χ2n) is 5.68. The van der Waals surface area contributed by atoms with Crippen LogP contribution < -0.4 is 0 Å². The third-order valence-corrected chi connectivity index (χ3v) is 7.11. The molecule has 0 aliphatic rings. The van der Waals surface area contributed by atoms with E-state index in [0.29, 0.717) is 10.3 Å². The molecule has 14 heavy (non-hydrogen) atoms. The lowest BCUT2D eigenvalue weighted by molar-refractivity contribution is 0.784. The molecule has 0 aromatic carbocycles. The molecule has 0 fully saturated rings. The summed E-state index contributed by atoms with van der Waals surface area (Å²) in [7, 11) is 1.35. The topological polar surface area (TPSA) is 0 Å². The van der Waals surface area contributed by atoms with Gasteiger partial charge in [0, 0.05) is 0 Å². The normalized spacial score (nSPS) is 15.2. The number of hydrogen-bond donors (Lipinski definition) is 0. The predicted molar refractivity (Wildman–Crippen MR) is 77.1 cm³/mol. The van der Waals surface area contributed by atoms with Gasteiger partial charge in [-0.1, -0.05) is 48.5 Å². The quantitative estimate of drug-likeness (QED) is 0.561. The minimum absolute atomic E-state index is 0.281. The Labute approximate surface area is 95.2 Å². The zero-order valence-corrected chi connectivity index (χ0v) is 13.5. The van der Waals surface area contributed by atoms with E-state index >= 15 is 0 Å². The molecule has 0 spiro atoms. The Morgan fingerprint density at radius 1 is 1.00 bits per heavy atom. The SMILES string of the molecule is CCP(C)C(C)(C)C.CPC(C)(C)C. The predicted octanol–water partition coefficient (Wildman–Crippen LogP) is 5.01. The van der Waals surface area contributed by atoms with Crippen LogP contribution in [-0.4, -0.2) is 29.8 Å². The summed E-state index contributed by atoms with van der Waals surface area (Å²) in [6.45, 7) is 20.6. The highest BCUT2D eigenvalue weighted by molar-refractivity contribution is 7.58. The Kier molecular flexibility index (Phi) is 8.86.